The molecule has 34 heavy (non-hydrogen) atoms. The van der Waals surface area contributed by atoms with Crippen LogP contribution in [0.3, 0.4) is 0 Å². The molecule has 0 aromatic rings. The monoisotopic (exact) mass is 475 g/mol. The maximum absolute atomic E-state index is 14.0. The molecule has 0 aromatic carbocycles. The molecule has 3 amide bonds. The summed E-state index contributed by atoms with van der Waals surface area (Å²) in [6.07, 6.45) is 6.21. The van der Waals surface area contributed by atoms with Gasteiger partial charge in [0, 0.05) is 38.8 Å². The molecule has 3 saturated heterocycles. The van der Waals surface area contributed by atoms with Crippen LogP contribution in [0.2, 0.25) is 0 Å². The zero-order valence-electron chi connectivity index (χ0n) is 20.9. The van der Waals surface area contributed by atoms with Crippen molar-refractivity contribution in [1.82, 2.24) is 14.7 Å². The van der Waals surface area contributed by atoms with Crippen LogP contribution in [-0.2, 0) is 19.1 Å². The van der Waals surface area contributed by atoms with E-state index in [4.69, 9.17) is 4.74 Å². The van der Waals surface area contributed by atoms with Gasteiger partial charge < -0.3 is 24.5 Å². The summed E-state index contributed by atoms with van der Waals surface area (Å²) < 4.78 is 6.51. The third-order valence-corrected chi connectivity index (χ3v) is 7.51. The molecule has 0 radical (unpaired) electrons. The number of hydrogen-bond acceptors (Lipinski definition) is 5. The molecule has 0 aromatic heterocycles. The molecule has 0 aliphatic carbocycles. The fraction of sp³-hybridized carbons (Fsp3) is 0.731. The van der Waals surface area contributed by atoms with Crippen molar-refractivity contribution in [3.8, 4) is 0 Å². The van der Waals surface area contributed by atoms with E-state index in [1.165, 1.54) is 0 Å². The molecule has 0 saturated carbocycles. The Morgan fingerprint density at radius 2 is 1.94 bits per heavy atom. The van der Waals surface area contributed by atoms with E-state index in [0.29, 0.717) is 51.9 Å². The summed E-state index contributed by atoms with van der Waals surface area (Å²) in [4.78, 5) is 46.6. The minimum atomic E-state index is -0.987. The molecule has 3 fully saturated rings. The van der Waals surface area contributed by atoms with Gasteiger partial charge in [-0.2, -0.15) is 0 Å². The maximum atomic E-state index is 14.0. The highest BCUT2D eigenvalue weighted by atomic mass is 16.5. The van der Waals surface area contributed by atoms with Crippen molar-refractivity contribution in [1.29, 1.82) is 0 Å². The largest absolute Gasteiger partial charge is 0.396 e. The SMILES string of the molecule is C=CCN(CCC)C(=O)[C@@H]1[C@H]2C(=O)N(CCCCO)C(C(=O)N(CC=C)C(C)C)C23CC[C@H]1O3. The summed E-state index contributed by atoms with van der Waals surface area (Å²) in [7, 11) is 0. The second kappa shape index (κ2) is 11.0. The first-order chi connectivity index (χ1) is 16.3. The molecule has 8 heteroatoms. The van der Waals surface area contributed by atoms with E-state index in [-0.39, 0.29) is 36.5 Å². The number of fused-ring (bicyclic) bond motifs is 1. The minimum Gasteiger partial charge on any atom is -0.396 e. The van der Waals surface area contributed by atoms with Crippen LogP contribution in [0.5, 0.6) is 0 Å². The smallest absolute Gasteiger partial charge is 0.248 e. The lowest BCUT2D eigenvalue weighted by Crippen LogP contribution is -2.57. The summed E-state index contributed by atoms with van der Waals surface area (Å²) in [5.41, 5.74) is -0.987. The van der Waals surface area contributed by atoms with Gasteiger partial charge in [0.15, 0.2) is 0 Å². The van der Waals surface area contributed by atoms with E-state index < -0.39 is 23.5 Å². The number of hydrogen-bond donors (Lipinski definition) is 1. The Morgan fingerprint density at radius 1 is 1.24 bits per heavy atom. The number of carbonyl (C=O) groups is 3. The van der Waals surface area contributed by atoms with Gasteiger partial charge in [-0.3, -0.25) is 14.4 Å². The Labute approximate surface area is 203 Å². The average molecular weight is 476 g/mol. The maximum Gasteiger partial charge on any atom is 0.248 e. The Balaban J connectivity index is 2.01. The molecule has 3 rings (SSSR count). The quantitative estimate of drug-likeness (QED) is 0.325. The molecule has 5 atom stereocenters. The summed E-state index contributed by atoms with van der Waals surface area (Å²) >= 11 is 0. The molecule has 190 valence electrons. The van der Waals surface area contributed by atoms with Crippen LogP contribution in [0.15, 0.2) is 25.3 Å². The summed E-state index contributed by atoms with van der Waals surface area (Å²) in [5.74, 6) is -1.65. The molecule has 3 heterocycles. The Hall–Kier alpha value is -2.19. The van der Waals surface area contributed by atoms with E-state index in [1.807, 2.05) is 20.8 Å². The molecule has 8 nitrogen and oxygen atoms in total. The van der Waals surface area contributed by atoms with Gasteiger partial charge in [0.2, 0.25) is 17.7 Å². The first-order valence-electron chi connectivity index (χ1n) is 12.7. The molecule has 3 aliphatic heterocycles. The highest BCUT2D eigenvalue weighted by molar-refractivity contribution is 5.99. The predicted molar refractivity (Wildman–Crippen MR) is 130 cm³/mol. The summed E-state index contributed by atoms with van der Waals surface area (Å²) in [6.45, 7) is 15.3. The first-order valence-corrected chi connectivity index (χ1v) is 12.7. The highest BCUT2D eigenvalue weighted by Crippen LogP contribution is 2.59. The summed E-state index contributed by atoms with van der Waals surface area (Å²) in [5, 5.41) is 9.28. The molecular formula is C26H41N3O5. The second-order valence-corrected chi connectivity index (χ2v) is 9.96. The third-order valence-electron chi connectivity index (χ3n) is 7.51. The van der Waals surface area contributed by atoms with Gasteiger partial charge in [-0.1, -0.05) is 19.1 Å². The van der Waals surface area contributed by atoms with Crippen LogP contribution in [0.25, 0.3) is 0 Å². The number of aliphatic hydroxyl groups excluding tert-OH is 1. The van der Waals surface area contributed by atoms with E-state index in [9.17, 15) is 19.5 Å². The van der Waals surface area contributed by atoms with Crippen molar-refractivity contribution in [2.24, 2.45) is 11.8 Å². The molecule has 1 N–H and O–H groups in total. The van der Waals surface area contributed by atoms with Crippen molar-refractivity contribution in [3.05, 3.63) is 25.3 Å². The second-order valence-electron chi connectivity index (χ2n) is 9.96. The van der Waals surface area contributed by atoms with Gasteiger partial charge in [0.05, 0.1) is 17.9 Å². The highest BCUT2D eigenvalue weighted by Gasteiger charge is 2.74. The Kier molecular flexibility index (Phi) is 8.57. The number of unbranched alkanes of at least 4 members (excludes halogenated alkanes) is 1. The number of likely N-dealkylation sites (tertiary alicyclic amines) is 1. The van der Waals surface area contributed by atoms with Crippen molar-refractivity contribution >= 4 is 17.7 Å². The molecule has 3 aliphatic rings. The van der Waals surface area contributed by atoms with Gasteiger partial charge in [-0.05, 0) is 46.0 Å². The van der Waals surface area contributed by atoms with E-state index in [1.54, 1.807) is 26.9 Å². The first kappa shape index (κ1) is 26.4. The fourth-order valence-electron chi connectivity index (χ4n) is 6.13. The Bertz CT molecular complexity index is 799. The summed E-state index contributed by atoms with van der Waals surface area (Å²) in [6, 6.07) is -0.841. The number of amides is 3. The normalized spacial score (nSPS) is 29.4. The number of nitrogens with zero attached hydrogens (tertiary/aromatic N) is 3. The van der Waals surface area contributed by atoms with Gasteiger partial charge in [-0.25, -0.2) is 0 Å². The van der Waals surface area contributed by atoms with E-state index in [2.05, 4.69) is 13.2 Å². The zero-order valence-corrected chi connectivity index (χ0v) is 20.9. The number of carbonyl (C=O) groups excluding carboxylic acids is 3. The van der Waals surface area contributed by atoms with Crippen LogP contribution >= 0.6 is 0 Å². The van der Waals surface area contributed by atoms with Crippen molar-refractivity contribution < 1.29 is 24.2 Å². The van der Waals surface area contributed by atoms with Gasteiger partial charge in [-0.15, -0.1) is 13.2 Å². The lowest BCUT2D eigenvalue weighted by Gasteiger charge is -2.38. The van der Waals surface area contributed by atoms with Gasteiger partial charge in [0.25, 0.3) is 0 Å². The van der Waals surface area contributed by atoms with Crippen molar-refractivity contribution in [2.75, 3.05) is 32.8 Å². The fourth-order valence-corrected chi connectivity index (χ4v) is 6.13. The van der Waals surface area contributed by atoms with Crippen LogP contribution < -0.4 is 0 Å². The molecular weight excluding hydrogens is 434 g/mol. The Morgan fingerprint density at radius 3 is 2.53 bits per heavy atom. The minimum absolute atomic E-state index is 0.0248. The van der Waals surface area contributed by atoms with E-state index >= 15 is 0 Å². The lowest BCUT2D eigenvalue weighted by molar-refractivity contribution is -0.149. The topological polar surface area (TPSA) is 90.4 Å². The molecule has 2 unspecified atom stereocenters. The van der Waals surface area contributed by atoms with Crippen LogP contribution in [0.1, 0.15) is 52.9 Å². The predicted octanol–water partition coefficient (Wildman–Crippen LogP) is 1.98. The van der Waals surface area contributed by atoms with Gasteiger partial charge >= 0.3 is 0 Å². The lowest BCUT2D eigenvalue weighted by atomic mass is 9.70. The zero-order chi connectivity index (χ0) is 25.0. The van der Waals surface area contributed by atoms with Crippen LogP contribution in [-0.4, -0.2) is 94.1 Å². The average Bonchev–Trinajstić information content (AvgIpc) is 3.44. The van der Waals surface area contributed by atoms with E-state index in [0.717, 1.165) is 6.42 Å². The third kappa shape index (κ3) is 4.42. The van der Waals surface area contributed by atoms with Gasteiger partial charge in [0.1, 0.15) is 11.6 Å². The van der Waals surface area contributed by atoms with Crippen molar-refractivity contribution in [3.63, 3.8) is 0 Å². The molecule has 2 bridgehead atoms. The standard InChI is InChI=1S/C26H41N3O5/c1-6-13-27(14-7-2)23(31)20-19-11-12-26(34-19)21(20)24(32)29(16-9-10-17-30)22(26)25(33)28(15-8-3)18(4)5/h6,8,18-22,30H,1,3,7,9-17H2,2,4-5H3/t19-,20+,21+,22?,26?/m1/s1. The molecule has 1 spiro atoms. The number of ether oxygens (including phenoxy) is 1. The van der Waals surface area contributed by atoms with Crippen molar-refractivity contribution in [2.45, 2.75) is 76.7 Å². The van der Waals surface area contributed by atoms with Crippen LogP contribution in [0.4, 0.5) is 0 Å². The number of rotatable bonds is 13. The van der Waals surface area contributed by atoms with Crippen LogP contribution in [0, 0.1) is 11.8 Å². The number of aliphatic hydroxyl groups is 1.